The van der Waals surface area contributed by atoms with Crippen molar-refractivity contribution >= 4 is 33.5 Å². The number of nitro groups is 1. The van der Waals surface area contributed by atoms with Gasteiger partial charge < -0.3 is 4.74 Å². The van der Waals surface area contributed by atoms with E-state index in [0.717, 1.165) is 15.8 Å². The molecule has 2 rings (SSSR count). The fraction of sp³-hybridized carbons (Fsp3) is 0.133. The van der Waals surface area contributed by atoms with Crippen LogP contribution in [0.25, 0.3) is 0 Å². The molecule has 2 aromatic carbocycles. The highest BCUT2D eigenvalue weighted by molar-refractivity contribution is 9.10. The summed E-state index contributed by atoms with van der Waals surface area (Å²) in [5, 5.41) is 14.8. The van der Waals surface area contributed by atoms with Crippen LogP contribution in [0.1, 0.15) is 12.5 Å². The van der Waals surface area contributed by atoms with Crippen LogP contribution in [0, 0.1) is 10.1 Å². The van der Waals surface area contributed by atoms with Crippen LogP contribution in [0.2, 0.25) is 0 Å². The van der Waals surface area contributed by atoms with Gasteiger partial charge in [0, 0.05) is 12.1 Å². The predicted octanol–water partition coefficient (Wildman–Crippen LogP) is 4.20. The molecule has 0 saturated carbocycles. The van der Waals surface area contributed by atoms with Gasteiger partial charge in [-0.2, -0.15) is 5.10 Å². The van der Waals surface area contributed by atoms with Crippen molar-refractivity contribution in [2.75, 3.05) is 12.0 Å². The first-order valence-electron chi connectivity index (χ1n) is 6.56. The summed E-state index contributed by atoms with van der Waals surface area (Å²) in [7, 11) is 0. The van der Waals surface area contributed by atoms with Crippen molar-refractivity contribution in [3.05, 3.63) is 62.6 Å². The van der Waals surface area contributed by atoms with Crippen molar-refractivity contribution in [1.29, 1.82) is 0 Å². The van der Waals surface area contributed by atoms with E-state index in [1.807, 2.05) is 25.1 Å². The standard InChI is InChI=1S/C15H14BrN3O3/c1-2-22-15-7-6-11(8-14(15)16)10-17-18-12-4-3-5-13(9-12)19(20)21/h3-10,18H,2H2,1H3. The van der Waals surface area contributed by atoms with Gasteiger partial charge in [-0.25, -0.2) is 0 Å². The number of ether oxygens (including phenoxy) is 1. The summed E-state index contributed by atoms with van der Waals surface area (Å²) in [6.45, 7) is 2.52. The molecule has 0 aliphatic rings. The SMILES string of the molecule is CCOc1ccc(C=NNc2cccc([N+](=O)[O-])c2)cc1Br. The van der Waals surface area contributed by atoms with E-state index in [2.05, 4.69) is 26.5 Å². The summed E-state index contributed by atoms with van der Waals surface area (Å²) in [5.74, 6) is 0.770. The van der Waals surface area contributed by atoms with Crippen molar-refractivity contribution in [2.45, 2.75) is 6.92 Å². The van der Waals surface area contributed by atoms with Gasteiger partial charge in [0.2, 0.25) is 0 Å². The number of nitrogens with zero attached hydrogens (tertiary/aromatic N) is 2. The average Bonchev–Trinajstić information content (AvgIpc) is 2.50. The number of hydrazone groups is 1. The van der Waals surface area contributed by atoms with E-state index in [0.29, 0.717) is 12.3 Å². The number of benzene rings is 2. The van der Waals surface area contributed by atoms with E-state index >= 15 is 0 Å². The first kappa shape index (κ1) is 16.0. The number of hydrogen-bond donors (Lipinski definition) is 1. The summed E-state index contributed by atoms with van der Waals surface area (Å²) in [4.78, 5) is 10.2. The molecule has 0 fully saturated rings. The van der Waals surface area contributed by atoms with E-state index in [9.17, 15) is 10.1 Å². The molecule has 0 unspecified atom stereocenters. The third-order valence-corrected chi connectivity index (χ3v) is 3.34. The number of hydrogen-bond acceptors (Lipinski definition) is 5. The summed E-state index contributed by atoms with van der Waals surface area (Å²) in [5.41, 5.74) is 4.20. The highest BCUT2D eigenvalue weighted by Gasteiger charge is 2.04. The van der Waals surface area contributed by atoms with Crippen LogP contribution >= 0.6 is 15.9 Å². The maximum Gasteiger partial charge on any atom is 0.271 e. The molecule has 114 valence electrons. The second-order valence-corrected chi connectivity index (χ2v) is 5.15. The van der Waals surface area contributed by atoms with E-state index in [-0.39, 0.29) is 5.69 Å². The second-order valence-electron chi connectivity index (χ2n) is 4.30. The Morgan fingerprint density at radius 2 is 2.18 bits per heavy atom. The monoisotopic (exact) mass is 363 g/mol. The molecular formula is C15H14BrN3O3. The van der Waals surface area contributed by atoms with Crippen molar-refractivity contribution < 1.29 is 9.66 Å². The molecule has 0 bridgehead atoms. The van der Waals surface area contributed by atoms with Gasteiger partial charge in [-0.15, -0.1) is 0 Å². The Labute approximate surface area is 136 Å². The first-order chi connectivity index (χ1) is 10.6. The Morgan fingerprint density at radius 1 is 1.36 bits per heavy atom. The molecule has 0 aromatic heterocycles. The number of nitro benzene ring substituents is 1. The molecule has 2 aromatic rings. The highest BCUT2D eigenvalue weighted by atomic mass is 79.9. The normalized spacial score (nSPS) is 10.6. The smallest absolute Gasteiger partial charge is 0.271 e. The molecule has 0 aliphatic heterocycles. The largest absolute Gasteiger partial charge is 0.493 e. The maximum atomic E-state index is 10.7. The number of anilines is 1. The fourth-order valence-corrected chi connectivity index (χ4v) is 2.25. The third kappa shape index (κ3) is 4.29. The molecule has 0 atom stereocenters. The number of non-ortho nitro benzene ring substituents is 1. The van der Waals surface area contributed by atoms with E-state index < -0.39 is 4.92 Å². The van der Waals surface area contributed by atoms with Gasteiger partial charge in [0.05, 0.1) is 27.9 Å². The maximum absolute atomic E-state index is 10.7. The lowest BCUT2D eigenvalue weighted by Crippen LogP contribution is -1.95. The highest BCUT2D eigenvalue weighted by Crippen LogP contribution is 2.25. The first-order valence-corrected chi connectivity index (χ1v) is 7.35. The van der Waals surface area contributed by atoms with Gasteiger partial charge in [0.25, 0.3) is 5.69 Å². The van der Waals surface area contributed by atoms with Crippen LogP contribution in [-0.4, -0.2) is 17.7 Å². The Balaban J connectivity index is 2.05. The summed E-state index contributed by atoms with van der Waals surface area (Å²) >= 11 is 3.43. The lowest BCUT2D eigenvalue weighted by atomic mass is 10.2. The Bertz CT molecular complexity index is 704. The third-order valence-electron chi connectivity index (χ3n) is 2.72. The van der Waals surface area contributed by atoms with Gasteiger partial charge >= 0.3 is 0 Å². The van der Waals surface area contributed by atoms with Crippen LogP contribution in [0.5, 0.6) is 5.75 Å². The minimum atomic E-state index is -0.446. The Hall–Kier alpha value is -2.41. The van der Waals surface area contributed by atoms with Crippen molar-refractivity contribution in [3.8, 4) is 5.75 Å². The molecule has 1 N–H and O–H groups in total. The molecule has 0 amide bonds. The summed E-state index contributed by atoms with van der Waals surface area (Å²) in [6.07, 6.45) is 1.62. The van der Waals surface area contributed by atoms with Crippen LogP contribution in [0.3, 0.4) is 0 Å². The second kappa shape index (κ2) is 7.56. The lowest BCUT2D eigenvalue weighted by molar-refractivity contribution is -0.384. The molecule has 22 heavy (non-hydrogen) atoms. The minimum Gasteiger partial charge on any atom is -0.493 e. The molecule has 7 heteroatoms. The fourth-order valence-electron chi connectivity index (χ4n) is 1.74. The molecule has 0 aliphatic carbocycles. The molecule has 6 nitrogen and oxygen atoms in total. The van der Waals surface area contributed by atoms with Gasteiger partial charge in [0.1, 0.15) is 5.75 Å². The topological polar surface area (TPSA) is 76.8 Å². The van der Waals surface area contributed by atoms with Crippen LogP contribution in [0.15, 0.2) is 52.0 Å². The van der Waals surface area contributed by atoms with E-state index in [1.54, 1.807) is 18.3 Å². The Morgan fingerprint density at radius 3 is 2.86 bits per heavy atom. The van der Waals surface area contributed by atoms with Gasteiger partial charge in [-0.1, -0.05) is 6.07 Å². The minimum absolute atomic E-state index is 0.0176. The van der Waals surface area contributed by atoms with Crippen molar-refractivity contribution in [1.82, 2.24) is 0 Å². The van der Waals surface area contributed by atoms with Crippen LogP contribution < -0.4 is 10.2 Å². The number of halogens is 1. The molecular weight excluding hydrogens is 350 g/mol. The van der Waals surface area contributed by atoms with Gasteiger partial charge in [-0.05, 0) is 52.7 Å². The molecule has 0 saturated heterocycles. The molecule has 0 radical (unpaired) electrons. The number of rotatable bonds is 6. The predicted molar refractivity (Wildman–Crippen MR) is 89.6 cm³/mol. The molecule has 0 spiro atoms. The quantitative estimate of drug-likeness (QED) is 0.473. The van der Waals surface area contributed by atoms with Crippen molar-refractivity contribution in [3.63, 3.8) is 0 Å². The number of nitrogens with one attached hydrogen (secondary N) is 1. The zero-order chi connectivity index (χ0) is 15.9. The van der Waals surface area contributed by atoms with Crippen molar-refractivity contribution in [2.24, 2.45) is 5.10 Å². The van der Waals surface area contributed by atoms with E-state index in [1.165, 1.54) is 12.1 Å². The molecule has 0 heterocycles. The van der Waals surface area contributed by atoms with Gasteiger partial charge in [0.15, 0.2) is 0 Å². The zero-order valence-electron chi connectivity index (χ0n) is 11.8. The van der Waals surface area contributed by atoms with Crippen LogP contribution in [-0.2, 0) is 0 Å². The zero-order valence-corrected chi connectivity index (χ0v) is 13.4. The lowest BCUT2D eigenvalue weighted by Gasteiger charge is -2.06. The van der Waals surface area contributed by atoms with E-state index in [4.69, 9.17) is 4.74 Å². The Kier molecular flexibility index (Phi) is 5.48. The van der Waals surface area contributed by atoms with Gasteiger partial charge in [-0.3, -0.25) is 15.5 Å². The average molecular weight is 364 g/mol. The van der Waals surface area contributed by atoms with Crippen LogP contribution in [0.4, 0.5) is 11.4 Å². The summed E-state index contributed by atoms with van der Waals surface area (Å²) in [6, 6.07) is 11.8. The summed E-state index contributed by atoms with van der Waals surface area (Å²) < 4.78 is 6.27.